The number of aromatic nitrogens is 2. The Kier molecular flexibility index (Phi) is 7.54. The van der Waals surface area contributed by atoms with Crippen LogP contribution in [0.2, 0.25) is 0 Å². The number of rotatable bonds is 7. The van der Waals surface area contributed by atoms with Crippen molar-refractivity contribution in [1.82, 2.24) is 9.66 Å². The monoisotopic (exact) mass is 542 g/mol. The van der Waals surface area contributed by atoms with Crippen LogP contribution in [0, 0.1) is 10.1 Å². The SMILES string of the molecule is COC(=O)COc1c(C=Nn2c(C3CCCCC3)nc3ccc(Br)cc3c2=O)cccc1[N+](=O)[O-]. The molecule has 0 amide bonds. The molecule has 1 aliphatic carbocycles. The Hall–Kier alpha value is -3.60. The number of para-hydroxylation sites is 1. The van der Waals surface area contributed by atoms with E-state index in [-0.39, 0.29) is 28.5 Å². The molecule has 1 heterocycles. The number of carbonyl (C=O) groups excluding carboxylic acids is 1. The van der Waals surface area contributed by atoms with Gasteiger partial charge in [-0.05, 0) is 37.1 Å². The molecule has 182 valence electrons. The van der Waals surface area contributed by atoms with E-state index in [2.05, 4.69) is 25.8 Å². The third kappa shape index (κ3) is 5.40. The molecular weight excluding hydrogens is 520 g/mol. The van der Waals surface area contributed by atoms with Crippen LogP contribution in [0.25, 0.3) is 10.9 Å². The number of nitro benzene ring substituents is 1. The Morgan fingerprint density at radius 2 is 2.06 bits per heavy atom. The summed E-state index contributed by atoms with van der Waals surface area (Å²) in [7, 11) is 1.19. The molecule has 35 heavy (non-hydrogen) atoms. The smallest absolute Gasteiger partial charge is 0.343 e. The summed E-state index contributed by atoms with van der Waals surface area (Å²) >= 11 is 3.40. The molecule has 0 atom stereocenters. The summed E-state index contributed by atoms with van der Waals surface area (Å²) in [4.78, 5) is 40.8. The van der Waals surface area contributed by atoms with E-state index in [9.17, 15) is 19.7 Å². The van der Waals surface area contributed by atoms with Gasteiger partial charge in [0.15, 0.2) is 6.61 Å². The standard InChI is InChI=1S/C24H23BrN4O6/c1-34-21(30)14-35-22-16(8-5-9-20(22)29(32)33)13-26-28-23(15-6-3-2-4-7-15)27-19-11-10-17(25)12-18(19)24(28)31/h5,8-13,15H,2-4,6-7,14H2,1H3. The van der Waals surface area contributed by atoms with E-state index in [0.29, 0.717) is 16.7 Å². The van der Waals surface area contributed by atoms with Crippen molar-refractivity contribution in [2.45, 2.75) is 38.0 Å². The number of esters is 1. The van der Waals surface area contributed by atoms with Crippen LogP contribution in [0.1, 0.15) is 49.4 Å². The van der Waals surface area contributed by atoms with Gasteiger partial charge in [0.05, 0.1) is 29.2 Å². The lowest BCUT2D eigenvalue weighted by Gasteiger charge is -2.22. The van der Waals surface area contributed by atoms with E-state index in [1.54, 1.807) is 18.2 Å². The Morgan fingerprint density at radius 3 is 2.77 bits per heavy atom. The highest BCUT2D eigenvalue weighted by Gasteiger charge is 2.23. The lowest BCUT2D eigenvalue weighted by Crippen LogP contribution is -2.25. The largest absolute Gasteiger partial charge is 0.474 e. The minimum absolute atomic E-state index is 0.0711. The highest BCUT2D eigenvalue weighted by molar-refractivity contribution is 9.10. The van der Waals surface area contributed by atoms with E-state index in [1.807, 2.05) is 6.07 Å². The maximum Gasteiger partial charge on any atom is 0.343 e. The summed E-state index contributed by atoms with van der Waals surface area (Å²) in [5.41, 5.74) is 0.149. The van der Waals surface area contributed by atoms with Crippen molar-refractivity contribution in [3.8, 4) is 5.75 Å². The molecule has 1 aliphatic rings. The van der Waals surface area contributed by atoms with Crippen LogP contribution in [0.3, 0.4) is 0 Å². The van der Waals surface area contributed by atoms with Crippen molar-refractivity contribution in [2.24, 2.45) is 5.10 Å². The molecule has 0 saturated heterocycles. The molecule has 0 N–H and O–H groups in total. The van der Waals surface area contributed by atoms with E-state index < -0.39 is 17.5 Å². The highest BCUT2D eigenvalue weighted by Crippen LogP contribution is 2.33. The summed E-state index contributed by atoms with van der Waals surface area (Å²) in [5, 5.41) is 16.4. The molecule has 0 radical (unpaired) electrons. The maximum atomic E-state index is 13.5. The summed E-state index contributed by atoms with van der Waals surface area (Å²) in [5.74, 6) is -0.202. The van der Waals surface area contributed by atoms with Crippen molar-refractivity contribution in [3.05, 3.63) is 72.7 Å². The molecule has 0 unspecified atom stereocenters. The zero-order chi connectivity index (χ0) is 24.9. The van der Waals surface area contributed by atoms with Crippen molar-refractivity contribution >= 4 is 44.7 Å². The number of fused-ring (bicyclic) bond motifs is 1. The molecule has 0 spiro atoms. The van der Waals surface area contributed by atoms with Gasteiger partial charge in [0.2, 0.25) is 5.75 Å². The van der Waals surface area contributed by atoms with Gasteiger partial charge in [0, 0.05) is 22.0 Å². The van der Waals surface area contributed by atoms with Gasteiger partial charge in [-0.1, -0.05) is 41.3 Å². The molecule has 1 fully saturated rings. The topological polar surface area (TPSA) is 126 Å². The molecule has 1 saturated carbocycles. The summed E-state index contributed by atoms with van der Waals surface area (Å²) in [6.45, 7) is -0.513. The van der Waals surface area contributed by atoms with E-state index >= 15 is 0 Å². The van der Waals surface area contributed by atoms with Crippen molar-refractivity contribution < 1.29 is 19.2 Å². The summed E-state index contributed by atoms with van der Waals surface area (Å²) in [6, 6.07) is 9.62. The van der Waals surface area contributed by atoms with Gasteiger partial charge in [0.1, 0.15) is 5.82 Å². The van der Waals surface area contributed by atoms with Gasteiger partial charge in [-0.3, -0.25) is 14.9 Å². The Labute approximate surface area is 208 Å². The molecule has 4 rings (SSSR count). The molecule has 2 aromatic carbocycles. The summed E-state index contributed by atoms with van der Waals surface area (Å²) in [6.07, 6.45) is 6.33. The predicted octanol–water partition coefficient (Wildman–Crippen LogP) is 4.55. The molecule has 1 aromatic heterocycles. The molecule has 0 bridgehead atoms. The van der Waals surface area contributed by atoms with Gasteiger partial charge in [-0.25, -0.2) is 9.78 Å². The molecular formula is C24H23BrN4O6. The lowest BCUT2D eigenvalue weighted by molar-refractivity contribution is -0.385. The second kappa shape index (κ2) is 10.8. The van der Waals surface area contributed by atoms with Gasteiger partial charge in [0.25, 0.3) is 5.56 Å². The van der Waals surface area contributed by atoms with Crippen LogP contribution in [0.5, 0.6) is 5.75 Å². The van der Waals surface area contributed by atoms with Crippen molar-refractivity contribution in [1.29, 1.82) is 0 Å². The Bertz CT molecular complexity index is 1360. The first kappa shape index (κ1) is 24.5. The van der Waals surface area contributed by atoms with Crippen LogP contribution in [-0.4, -0.2) is 40.5 Å². The molecule has 0 aliphatic heterocycles. The van der Waals surface area contributed by atoms with Crippen LogP contribution in [0.15, 0.2) is 50.8 Å². The van der Waals surface area contributed by atoms with Gasteiger partial charge >= 0.3 is 11.7 Å². The fourth-order valence-corrected chi connectivity index (χ4v) is 4.52. The second-order valence-electron chi connectivity index (χ2n) is 8.15. The molecule has 3 aromatic rings. The second-order valence-corrected chi connectivity index (χ2v) is 9.06. The first-order valence-electron chi connectivity index (χ1n) is 11.1. The number of hydrogen-bond donors (Lipinski definition) is 0. The number of ether oxygens (including phenoxy) is 2. The lowest BCUT2D eigenvalue weighted by atomic mass is 9.88. The van der Waals surface area contributed by atoms with E-state index in [0.717, 1.165) is 36.6 Å². The van der Waals surface area contributed by atoms with E-state index in [4.69, 9.17) is 9.72 Å². The minimum atomic E-state index is -0.689. The first-order valence-corrected chi connectivity index (χ1v) is 11.9. The quantitative estimate of drug-likeness (QED) is 0.185. The molecule has 11 heteroatoms. The van der Waals surface area contributed by atoms with Crippen LogP contribution >= 0.6 is 15.9 Å². The highest BCUT2D eigenvalue weighted by atomic mass is 79.9. The Balaban J connectivity index is 1.83. The number of nitro groups is 1. The average Bonchev–Trinajstić information content (AvgIpc) is 2.87. The maximum absolute atomic E-state index is 13.5. The average molecular weight is 543 g/mol. The zero-order valence-electron chi connectivity index (χ0n) is 19.0. The first-order chi connectivity index (χ1) is 16.9. The van der Waals surface area contributed by atoms with Crippen molar-refractivity contribution in [2.75, 3.05) is 13.7 Å². The van der Waals surface area contributed by atoms with Gasteiger partial charge < -0.3 is 9.47 Å². The fourth-order valence-electron chi connectivity index (χ4n) is 4.16. The van der Waals surface area contributed by atoms with Crippen LogP contribution in [-0.2, 0) is 9.53 Å². The number of methoxy groups -OCH3 is 1. The number of carbonyl (C=O) groups is 1. The molecule has 10 nitrogen and oxygen atoms in total. The minimum Gasteiger partial charge on any atom is -0.474 e. The van der Waals surface area contributed by atoms with Crippen LogP contribution in [0.4, 0.5) is 5.69 Å². The van der Waals surface area contributed by atoms with Crippen LogP contribution < -0.4 is 10.3 Å². The number of hydrogen-bond acceptors (Lipinski definition) is 8. The third-order valence-electron chi connectivity index (χ3n) is 5.90. The fraction of sp³-hybridized carbons (Fsp3) is 0.333. The Morgan fingerprint density at radius 1 is 1.29 bits per heavy atom. The number of benzene rings is 2. The number of halogens is 1. The number of nitrogens with zero attached hydrogens (tertiary/aromatic N) is 4. The third-order valence-corrected chi connectivity index (χ3v) is 6.39. The predicted molar refractivity (Wildman–Crippen MR) is 133 cm³/mol. The normalized spacial score (nSPS) is 14.3. The van der Waals surface area contributed by atoms with E-state index in [1.165, 1.54) is 30.1 Å². The summed E-state index contributed by atoms with van der Waals surface area (Å²) < 4.78 is 12.0. The van der Waals surface area contributed by atoms with Gasteiger partial charge in [-0.2, -0.15) is 9.78 Å². The van der Waals surface area contributed by atoms with Crippen molar-refractivity contribution in [3.63, 3.8) is 0 Å². The zero-order valence-corrected chi connectivity index (χ0v) is 20.6. The van der Waals surface area contributed by atoms with Gasteiger partial charge in [-0.15, -0.1) is 0 Å².